The van der Waals surface area contributed by atoms with Gasteiger partial charge < -0.3 is 29.5 Å². The van der Waals surface area contributed by atoms with Gasteiger partial charge in [0.2, 0.25) is 0 Å². The summed E-state index contributed by atoms with van der Waals surface area (Å²) < 4.78 is 7.46. The molecule has 1 unspecified atom stereocenters. The van der Waals surface area contributed by atoms with Crippen molar-refractivity contribution in [2.45, 2.75) is 39.7 Å². The predicted octanol–water partition coefficient (Wildman–Crippen LogP) is 2.00. The fraction of sp³-hybridized carbons (Fsp3) is 0.542. The van der Waals surface area contributed by atoms with Crippen LogP contribution >= 0.6 is 0 Å². The van der Waals surface area contributed by atoms with E-state index in [2.05, 4.69) is 30.8 Å². The zero-order chi connectivity index (χ0) is 24.6. The van der Waals surface area contributed by atoms with Gasteiger partial charge in [-0.25, -0.2) is 4.68 Å². The lowest BCUT2D eigenvalue weighted by atomic mass is 10.2. The maximum absolute atomic E-state index is 12.5. The molecule has 2 N–H and O–H groups in total. The summed E-state index contributed by atoms with van der Waals surface area (Å²) in [6, 6.07) is 8.12. The van der Waals surface area contributed by atoms with Gasteiger partial charge in [-0.05, 0) is 50.6 Å². The summed E-state index contributed by atoms with van der Waals surface area (Å²) >= 11 is 0. The van der Waals surface area contributed by atoms with Crippen LogP contribution in [0.5, 0.6) is 5.75 Å². The molecule has 0 aliphatic carbocycles. The molecule has 0 saturated carbocycles. The largest absolute Gasteiger partial charge is 0.494 e. The van der Waals surface area contributed by atoms with Crippen molar-refractivity contribution in [2.75, 3.05) is 46.5 Å². The summed E-state index contributed by atoms with van der Waals surface area (Å²) in [6.45, 7) is 9.20. The van der Waals surface area contributed by atoms with Crippen LogP contribution in [0, 0.1) is 0 Å². The molecule has 0 aliphatic rings. The first-order valence-electron chi connectivity index (χ1n) is 11.3. The number of aliphatic hydroxyl groups is 2. The van der Waals surface area contributed by atoms with Crippen LogP contribution in [-0.4, -0.2) is 94.5 Å². The van der Waals surface area contributed by atoms with Gasteiger partial charge in [0.15, 0.2) is 0 Å². The first-order chi connectivity index (χ1) is 16.0. The number of hydrogen-bond donors (Lipinski definition) is 2. The molecular weight excluding hydrogens is 424 g/mol. The number of aromatic nitrogens is 2. The molecule has 9 nitrogen and oxygen atoms in total. The molecule has 1 amide bonds. The minimum Gasteiger partial charge on any atom is -0.494 e. The third-order valence-corrected chi connectivity index (χ3v) is 5.36. The number of hydrogen-bond acceptors (Lipinski definition) is 7. The Morgan fingerprint density at radius 3 is 2.48 bits per heavy atom. The van der Waals surface area contributed by atoms with E-state index in [1.807, 2.05) is 24.3 Å². The quantitative estimate of drug-likeness (QED) is 0.327. The Kier molecular flexibility index (Phi) is 13.7. The van der Waals surface area contributed by atoms with Crippen LogP contribution in [0.3, 0.4) is 0 Å². The molecule has 0 radical (unpaired) electrons. The monoisotopic (exact) mass is 462 g/mol. The highest BCUT2D eigenvalue weighted by atomic mass is 16.5. The molecule has 0 saturated heterocycles. The van der Waals surface area contributed by atoms with Gasteiger partial charge in [-0.15, -0.1) is 0 Å². The zero-order valence-corrected chi connectivity index (χ0v) is 20.2. The van der Waals surface area contributed by atoms with Gasteiger partial charge in [-0.1, -0.05) is 13.8 Å². The fourth-order valence-corrected chi connectivity index (χ4v) is 3.34. The second kappa shape index (κ2) is 16.0. The summed E-state index contributed by atoms with van der Waals surface area (Å²) in [5.41, 5.74) is 1.15. The Balaban J connectivity index is 0.00000265. The number of amides is 1. The summed E-state index contributed by atoms with van der Waals surface area (Å²) in [5.74, 6) is 0.449. The standard InChI is InChI=1S/C23H34N4O4.CH4O/c1-4-19(3)25(5-2)11-6-16-31-22-9-7-21(8-10-22)27-18-20(17-24-27)23(30)26(12-14-28)13-15-29;1-2/h7-10,14,17-19,29H,4-6,11-13,15-16H2,1-3H3;2H,1H3. The van der Waals surface area contributed by atoms with Crippen LogP contribution in [0.1, 0.15) is 44.0 Å². The zero-order valence-electron chi connectivity index (χ0n) is 20.2. The number of carbonyl (C=O) groups is 2. The molecule has 1 aromatic carbocycles. The van der Waals surface area contributed by atoms with Gasteiger partial charge in [0, 0.05) is 32.4 Å². The topological polar surface area (TPSA) is 108 Å². The van der Waals surface area contributed by atoms with Crippen molar-refractivity contribution in [3.05, 3.63) is 42.2 Å². The number of aliphatic hydroxyl groups excluding tert-OH is 2. The van der Waals surface area contributed by atoms with Crippen molar-refractivity contribution < 1.29 is 24.5 Å². The van der Waals surface area contributed by atoms with Crippen molar-refractivity contribution in [2.24, 2.45) is 0 Å². The van der Waals surface area contributed by atoms with E-state index in [0.717, 1.165) is 44.5 Å². The number of rotatable bonds is 14. The van der Waals surface area contributed by atoms with Crippen LogP contribution in [0.25, 0.3) is 5.69 Å². The van der Waals surface area contributed by atoms with Crippen molar-refractivity contribution in [1.29, 1.82) is 0 Å². The predicted molar refractivity (Wildman–Crippen MR) is 128 cm³/mol. The van der Waals surface area contributed by atoms with Gasteiger partial charge in [0.1, 0.15) is 12.0 Å². The van der Waals surface area contributed by atoms with Gasteiger partial charge in [0.25, 0.3) is 5.91 Å². The Bertz CT molecular complexity index is 809. The van der Waals surface area contributed by atoms with Crippen molar-refractivity contribution in [1.82, 2.24) is 19.6 Å². The first-order valence-corrected chi connectivity index (χ1v) is 11.3. The van der Waals surface area contributed by atoms with Gasteiger partial charge in [-0.2, -0.15) is 5.10 Å². The maximum Gasteiger partial charge on any atom is 0.257 e. The Morgan fingerprint density at radius 2 is 1.91 bits per heavy atom. The van der Waals surface area contributed by atoms with Gasteiger partial charge >= 0.3 is 0 Å². The summed E-state index contributed by atoms with van der Waals surface area (Å²) in [6.07, 6.45) is 5.82. The molecule has 2 rings (SSSR count). The van der Waals surface area contributed by atoms with E-state index < -0.39 is 0 Å². The molecule has 2 aromatic rings. The molecule has 1 atom stereocenters. The van der Waals surface area contributed by atoms with E-state index in [1.54, 1.807) is 10.9 Å². The number of carbonyl (C=O) groups excluding carboxylic acids is 2. The molecule has 0 bridgehead atoms. The summed E-state index contributed by atoms with van der Waals surface area (Å²) in [7, 11) is 1.00. The molecule has 33 heavy (non-hydrogen) atoms. The Labute approximate surface area is 196 Å². The minimum absolute atomic E-state index is 0.0655. The lowest BCUT2D eigenvalue weighted by Crippen LogP contribution is -2.34. The second-order valence-corrected chi connectivity index (χ2v) is 7.40. The minimum atomic E-state index is -0.342. The number of benzene rings is 1. The van der Waals surface area contributed by atoms with Crippen molar-refractivity contribution in [3.8, 4) is 11.4 Å². The third-order valence-electron chi connectivity index (χ3n) is 5.36. The fourth-order valence-electron chi connectivity index (χ4n) is 3.34. The van der Waals surface area contributed by atoms with Crippen molar-refractivity contribution >= 4 is 12.2 Å². The van der Waals surface area contributed by atoms with E-state index in [4.69, 9.17) is 14.9 Å². The highest BCUT2D eigenvalue weighted by Crippen LogP contribution is 2.16. The summed E-state index contributed by atoms with van der Waals surface area (Å²) in [5, 5.41) is 20.3. The molecule has 1 heterocycles. The smallest absolute Gasteiger partial charge is 0.257 e. The van der Waals surface area contributed by atoms with Crippen molar-refractivity contribution in [3.63, 3.8) is 0 Å². The lowest BCUT2D eigenvalue weighted by molar-refractivity contribution is -0.108. The molecule has 184 valence electrons. The lowest BCUT2D eigenvalue weighted by Gasteiger charge is -2.26. The van der Waals surface area contributed by atoms with E-state index in [0.29, 0.717) is 24.5 Å². The number of aldehydes is 1. The van der Waals surface area contributed by atoms with Gasteiger partial charge in [0.05, 0.1) is 37.2 Å². The Hall–Kier alpha value is -2.75. The van der Waals surface area contributed by atoms with E-state index in [9.17, 15) is 9.59 Å². The molecular formula is C24H38N4O5. The SMILES string of the molecule is CCC(C)N(CC)CCCOc1ccc(-n2cc(C(=O)N(CC=O)CCO)cn2)cc1.CO. The molecule has 0 aliphatic heterocycles. The molecule has 1 aromatic heterocycles. The van der Waals surface area contributed by atoms with E-state index in [1.165, 1.54) is 11.1 Å². The summed E-state index contributed by atoms with van der Waals surface area (Å²) in [4.78, 5) is 27.0. The van der Waals surface area contributed by atoms with Crippen LogP contribution < -0.4 is 4.74 Å². The van der Waals surface area contributed by atoms with E-state index in [-0.39, 0.29) is 25.6 Å². The first kappa shape index (κ1) is 28.3. The second-order valence-electron chi connectivity index (χ2n) is 7.40. The van der Waals surface area contributed by atoms with E-state index >= 15 is 0 Å². The average molecular weight is 463 g/mol. The van der Waals surface area contributed by atoms with Crippen LogP contribution in [0.2, 0.25) is 0 Å². The number of nitrogens with zero attached hydrogens (tertiary/aromatic N) is 4. The van der Waals surface area contributed by atoms with Crippen LogP contribution in [0.15, 0.2) is 36.7 Å². The third kappa shape index (κ3) is 8.95. The van der Waals surface area contributed by atoms with Crippen LogP contribution in [0.4, 0.5) is 0 Å². The van der Waals surface area contributed by atoms with Crippen LogP contribution in [-0.2, 0) is 4.79 Å². The highest BCUT2D eigenvalue weighted by Gasteiger charge is 2.17. The Morgan fingerprint density at radius 1 is 1.21 bits per heavy atom. The van der Waals surface area contributed by atoms with Gasteiger partial charge in [-0.3, -0.25) is 4.79 Å². The highest BCUT2D eigenvalue weighted by molar-refractivity contribution is 5.94. The number of ether oxygens (including phenoxy) is 1. The normalized spacial score (nSPS) is 11.5. The molecule has 0 spiro atoms. The molecule has 9 heteroatoms. The molecule has 0 fully saturated rings. The average Bonchev–Trinajstić information content (AvgIpc) is 3.35. The maximum atomic E-state index is 12.5.